The van der Waals surface area contributed by atoms with Crippen LogP contribution in [0.5, 0.6) is 0 Å². The second-order valence-corrected chi connectivity index (χ2v) is 5.04. The van der Waals surface area contributed by atoms with Crippen molar-refractivity contribution >= 4 is 11.6 Å². The van der Waals surface area contributed by atoms with Crippen LogP contribution in [-0.4, -0.2) is 30.0 Å². The Morgan fingerprint density at radius 3 is 2.79 bits per heavy atom. The lowest BCUT2D eigenvalue weighted by Crippen LogP contribution is -2.35. The van der Waals surface area contributed by atoms with Gasteiger partial charge in [0, 0.05) is 24.5 Å². The van der Waals surface area contributed by atoms with E-state index in [2.05, 4.69) is 9.88 Å². The quantitative estimate of drug-likeness (QED) is 0.808. The third kappa shape index (κ3) is 3.44. The van der Waals surface area contributed by atoms with Gasteiger partial charge in [0.2, 0.25) is 0 Å². The molecule has 1 aromatic rings. The molecule has 0 spiro atoms. The van der Waals surface area contributed by atoms with Crippen LogP contribution in [0.3, 0.4) is 0 Å². The maximum absolute atomic E-state index is 11.2. The smallest absolute Gasteiger partial charge is 0.267 e. The number of aromatic nitrogens is 1. The van der Waals surface area contributed by atoms with Gasteiger partial charge in [-0.3, -0.25) is 9.78 Å². The number of carbonyl (C=O) groups excluding carboxylic acids is 1. The van der Waals surface area contributed by atoms with Crippen LogP contribution in [0.25, 0.3) is 0 Å². The number of amides is 1. The lowest BCUT2D eigenvalue weighted by molar-refractivity contribution is 0.0995. The van der Waals surface area contributed by atoms with Crippen molar-refractivity contribution in [3.8, 4) is 0 Å². The summed E-state index contributed by atoms with van der Waals surface area (Å²) in [4.78, 5) is 17.6. The van der Waals surface area contributed by atoms with Crippen LogP contribution in [0, 0.1) is 0 Å². The van der Waals surface area contributed by atoms with Crippen LogP contribution in [-0.2, 0) is 0 Å². The summed E-state index contributed by atoms with van der Waals surface area (Å²) in [5.41, 5.74) is 12.3. The zero-order valence-corrected chi connectivity index (χ0v) is 11.2. The third-order valence-electron chi connectivity index (χ3n) is 3.70. The molecule has 0 atom stereocenters. The standard InChI is InChI=1S/C14H22N4O/c15-7-3-9-18(11-4-1-2-5-11)12-6-8-17-13(10-12)14(16)19/h6,8,10-11H,1-5,7,9,15H2,(H2,16,19). The zero-order chi connectivity index (χ0) is 13.7. The van der Waals surface area contributed by atoms with Crippen molar-refractivity contribution in [2.75, 3.05) is 18.0 Å². The van der Waals surface area contributed by atoms with E-state index in [0.29, 0.717) is 18.3 Å². The number of nitrogens with zero attached hydrogens (tertiary/aromatic N) is 2. The van der Waals surface area contributed by atoms with E-state index in [1.165, 1.54) is 25.7 Å². The Bertz CT molecular complexity index is 429. The number of carbonyl (C=O) groups is 1. The summed E-state index contributed by atoms with van der Waals surface area (Å²) in [5.74, 6) is -0.480. The first kappa shape index (κ1) is 13.8. The second-order valence-electron chi connectivity index (χ2n) is 5.04. The summed E-state index contributed by atoms with van der Waals surface area (Å²) in [5, 5.41) is 0. The number of hydrogen-bond acceptors (Lipinski definition) is 4. The second kappa shape index (κ2) is 6.52. The summed E-state index contributed by atoms with van der Waals surface area (Å²) in [6, 6.07) is 4.29. The first-order chi connectivity index (χ1) is 9.22. The first-order valence-corrected chi connectivity index (χ1v) is 6.95. The number of pyridine rings is 1. The number of primary amides is 1. The lowest BCUT2D eigenvalue weighted by atomic mass is 10.1. The molecule has 5 nitrogen and oxygen atoms in total. The summed E-state index contributed by atoms with van der Waals surface area (Å²) in [6.07, 6.45) is 7.57. The van der Waals surface area contributed by atoms with Gasteiger partial charge in [-0.1, -0.05) is 12.8 Å². The van der Waals surface area contributed by atoms with Crippen molar-refractivity contribution in [3.63, 3.8) is 0 Å². The lowest BCUT2D eigenvalue weighted by Gasteiger charge is -2.31. The molecule has 5 heteroatoms. The molecule has 1 heterocycles. The van der Waals surface area contributed by atoms with Gasteiger partial charge in [0.1, 0.15) is 5.69 Å². The molecule has 1 aliphatic rings. The highest BCUT2D eigenvalue weighted by atomic mass is 16.1. The van der Waals surface area contributed by atoms with Crippen LogP contribution in [0.15, 0.2) is 18.3 Å². The van der Waals surface area contributed by atoms with Crippen molar-refractivity contribution in [1.82, 2.24) is 4.98 Å². The first-order valence-electron chi connectivity index (χ1n) is 6.95. The number of anilines is 1. The van der Waals surface area contributed by atoms with Gasteiger partial charge < -0.3 is 16.4 Å². The largest absolute Gasteiger partial charge is 0.368 e. The number of rotatable bonds is 6. The Morgan fingerprint density at radius 2 is 2.16 bits per heavy atom. The van der Waals surface area contributed by atoms with E-state index in [9.17, 15) is 4.79 Å². The molecule has 1 saturated carbocycles. The minimum Gasteiger partial charge on any atom is -0.368 e. The molecule has 1 amide bonds. The van der Waals surface area contributed by atoms with E-state index in [-0.39, 0.29) is 0 Å². The molecule has 104 valence electrons. The van der Waals surface area contributed by atoms with Gasteiger partial charge in [-0.05, 0) is 37.9 Å². The van der Waals surface area contributed by atoms with Crippen LogP contribution in [0.2, 0.25) is 0 Å². The number of nitrogens with two attached hydrogens (primary N) is 2. The van der Waals surface area contributed by atoms with Crippen molar-refractivity contribution in [2.45, 2.75) is 38.1 Å². The van der Waals surface area contributed by atoms with Gasteiger partial charge in [0.05, 0.1) is 0 Å². The Kier molecular flexibility index (Phi) is 4.74. The van der Waals surface area contributed by atoms with E-state index in [1.54, 1.807) is 12.3 Å². The van der Waals surface area contributed by atoms with E-state index in [0.717, 1.165) is 18.7 Å². The average Bonchev–Trinajstić information content (AvgIpc) is 2.93. The molecule has 4 N–H and O–H groups in total. The average molecular weight is 262 g/mol. The summed E-state index contributed by atoms with van der Waals surface area (Å²) in [7, 11) is 0. The third-order valence-corrected chi connectivity index (χ3v) is 3.70. The van der Waals surface area contributed by atoms with E-state index in [4.69, 9.17) is 11.5 Å². The summed E-state index contributed by atoms with van der Waals surface area (Å²) < 4.78 is 0. The normalized spacial score (nSPS) is 15.6. The van der Waals surface area contributed by atoms with Gasteiger partial charge >= 0.3 is 0 Å². The van der Waals surface area contributed by atoms with E-state index < -0.39 is 5.91 Å². The molecule has 1 aliphatic carbocycles. The molecule has 1 aromatic heterocycles. The maximum Gasteiger partial charge on any atom is 0.267 e. The molecule has 0 aromatic carbocycles. The SMILES string of the molecule is NCCCN(c1ccnc(C(N)=O)c1)C1CCCC1. The molecular formula is C14H22N4O. The van der Waals surface area contributed by atoms with Gasteiger partial charge in [0.25, 0.3) is 5.91 Å². The fourth-order valence-electron chi connectivity index (χ4n) is 2.73. The maximum atomic E-state index is 11.2. The molecule has 0 radical (unpaired) electrons. The highest BCUT2D eigenvalue weighted by Gasteiger charge is 2.23. The monoisotopic (exact) mass is 262 g/mol. The number of hydrogen-bond donors (Lipinski definition) is 2. The van der Waals surface area contributed by atoms with Crippen LogP contribution >= 0.6 is 0 Å². The molecular weight excluding hydrogens is 240 g/mol. The Balaban J connectivity index is 2.20. The van der Waals surface area contributed by atoms with Crippen LogP contribution < -0.4 is 16.4 Å². The van der Waals surface area contributed by atoms with Gasteiger partial charge in [-0.2, -0.15) is 0 Å². The predicted molar refractivity (Wildman–Crippen MR) is 76.0 cm³/mol. The van der Waals surface area contributed by atoms with Crippen LogP contribution in [0.4, 0.5) is 5.69 Å². The summed E-state index contributed by atoms with van der Waals surface area (Å²) >= 11 is 0. The van der Waals surface area contributed by atoms with Crippen molar-refractivity contribution in [1.29, 1.82) is 0 Å². The molecule has 2 rings (SSSR count). The Labute approximate surface area is 114 Å². The highest BCUT2D eigenvalue weighted by Crippen LogP contribution is 2.28. The predicted octanol–water partition coefficient (Wildman–Crippen LogP) is 1.28. The zero-order valence-electron chi connectivity index (χ0n) is 11.2. The fraction of sp³-hybridized carbons (Fsp3) is 0.571. The minimum absolute atomic E-state index is 0.327. The van der Waals surface area contributed by atoms with Gasteiger partial charge in [0.15, 0.2) is 0 Å². The Hall–Kier alpha value is -1.62. The van der Waals surface area contributed by atoms with Gasteiger partial charge in [-0.25, -0.2) is 0 Å². The topological polar surface area (TPSA) is 85.2 Å². The van der Waals surface area contributed by atoms with Crippen molar-refractivity contribution < 1.29 is 4.79 Å². The van der Waals surface area contributed by atoms with Crippen molar-refractivity contribution in [3.05, 3.63) is 24.0 Å². The van der Waals surface area contributed by atoms with Crippen molar-refractivity contribution in [2.24, 2.45) is 11.5 Å². The molecule has 1 fully saturated rings. The van der Waals surface area contributed by atoms with E-state index in [1.807, 2.05) is 6.07 Å². The minimum atomic E-state index is -0.480. The Morgan fingerprint density at radius 1 is 1.42 bits per heavy atom. The molecule has 19 heavy (non-hydrogen) atoms. The van der Waals surface area contributed by atoms with Gasteiger partial charge in [-0.15, -0.1) is 0 Å². The molecule has 0 bridgehead atoms. The molecule has 0 aliphatic heterocycles. The molecule has 0 saturated heterocycles. The fourth-order valence-corrected chi connectivity index (χ4v) is 2.73. The highest BCUT2D eigenvalue weighted by molar-refractivity contribution is 5.91. The van der Waals surface area contributed by atoms with Crippen LogP contribution in [0.1, 0.15) is 42.6 Å². The van der Waals surface area contributed by atoms with E-state index >= 15 is 0 Å². The summed E-state index contributed by atoms with van der Waals surface area (Å²) in [6.45, 7) is 1.60. The molecule has 0 unspecified atom stereocenters.